The number of nitrogens with one attached hydrogen (secondary N) is 1. The normalized spacial score (nSPS) is 19.3. The molecule has 2 unspecified atom stereocenters. The summed E-state index contributed by atoms with van der Waals surface area (Å²) >= 11 is 1.90. The Labute approximate surface area is 252 Å². The van der Waals surface area contributed by atoms with Gasteiger partial charge in [0.05, 0.1) is 23.0 Å². The Morgan fingerprint density at radius 3 is 2.64 bits per heavy atom. The van der Waals surface area contributed by atoms with Crippen LogP contribution in [0.2, 0.25) is 0 Å². The van der Waals surface area contributed by atoms with Gasteiger partial charge in [0.2, 0.25) is 0 Å². The molecule has 3 atom stereocenters. The number of rotatable bonds is 13. The van der Waals surface area contributed by atoms with Crippen molar-refractivity contribution >= 4 is 47.6 Å². The molecular weight excluding hydrogens is 552 g/mol. The van der Waals surface area contributed by atoms with Gasteiger partial charge in [-0.3, -0.25) is 14.6 Å². The number of aliphatic imine (C=N–C) groups is 2. The quantitative estimate of drug-likeness (QED) is 0.152. The Morgan fingerprint density at radius 1 is 1.24 bits per heavy atom. The maximum absolute atomic E-state index is 12.2. The highest BCUT2D eigenvalue weighted by Gasteiger charge is 2.31. The van der Waals surface area contributed by atoms with Crippen molar-refractivity contribution in [2.75, 3.05) is 24.2 Å². The molecule has 11 nitrogen and oxygen atoms in total. The highest BCUT2D eigenvalue weighted by atomic mass is 32.2. The minimum atomic E-state index is -0.441. The van der Waals surface area contributed by atoms with Crippen molar-refractivity contribution in [3.8, 4) is 11.4 Å². The molecule has 4 rings (SSSR count). The van der Waals surface area contributed by atoms with Crippen LogP contribution in [0.5, 0.6) is 0 Å². The van der Waals surface area contributed by atoms with Gasteiger partial charge in [-0.05, 0) is 51.7 Å². The van der Waals surface area contributed by atoms with Gasteiger partial charge in [0, 0.05) is 43.9 Å². The summed E-state index contributed by atoms with van der Waals surface area (Å²) in [6.07, 6.45) is 9.26. The van der Waals surface area contributed by atoms with E-state index >= 15 is 0 Å². The van der Waals surface area contributed by atoms with Gasteiger partial charge in [-0.25, -0.2) is 24.9 Å². The zero-order valence-corrected chi connectivity index (χ0v) is 26.3. The Morgan fingerprint density at radius 2 is 2.02 bits per heavy atom. The topological polar surface area (TPSA) is 135 Å². The largest absolute Gasteiger partial charge is 0.459 e. The fourth-order valence-electron chi connectivity index (χ4n) is 4.82. The number of ether oxygens (including phenoxy) is 1. The SMILES string of the molecule is CCSC1C=NC(CN/C(C=O)=N/c2c(COC(C)=O)nc(-c3c(C)ncnc3C3CC3)nc2N(C)[C@H](C)CC)CC1. The van der Waals surface area contributed by atoms with Crippen LogP contribution in [0.1, 0.15) is 82.8 Å². The Balaban J connectivity index is 1.77. The van der Waals surface area contributed by atoms with Crippen LogP contribution in [0.3, 0.4) is 0 Å². The van der Waals surface area contributed by atoms with Crippen molar-refractivity contribution < 1.29 is 14.3 Å². The molecule has 1 fully saturated rings. The van der Waals surface area contributed by atoms with Gasteiger partial charge in [-0.1, -0.05) is 13.8 Å². The summed E-state index contributed by atoms with van der Waals surface area (Å²) in [5.74, 6) is 2.11. The lowest BCUT2D eigenvalue weighted by molar-refractivity contribution is -0.142. The van der Waals surface area contributed by atoms with Crippen LogP contribution in [0.25, 0.3) is 11.4 Å². The number of aromatic nitrogens is 4. The van der Waals surface area contributed by atoms with Crippen LogP contribution in [0.4, 0.5) is 11.5 Å². The molecule has 1 N–H and O–H groups in total. The predicted molar refractivity (Wildman–Crippen MR) is 168 cm³/mol. The van der Waals surface area contributed by atoms with E-state index in [1.807, 2.05) is 36.8 Å². The van der Waals surface area contributed by atoms with Crippen LogP contribution in [0.15, 0.2) is 16.3 Å². The summed E-state index contributed by atoms with van der Waals surface area (Å²) in [4.78, 5) is 54.5. The minimum absolute atomic E-state index is 0.0622. The number of hydrogen-bond acceptors (Lipinski definition) is 11. The third kappa shape index (κ3) is 7.90. The summed E-state index contributed by atoms with van der Waals surface area (Å²) in [7, 11) is 1.94. The molecule has 1 aliphatic heterocycles. The fraction of sp³-hybridized carbons (Fsp3) is 0.600. The fourth-order valence-corrected chi connectivity index (χ4v) is 5.70. The minimum Gasteiger partial charge on any atom is -0.459 e. The molecular formula is C30H42N8O3S. The monoisotopic (exact) mass is 594 g/mol. The maximum atomic E-state index is 12.2. The van der Waals surface area contributed by atoms with Crippen molar-refractivity contribution in [3.63, 3.8) is 0 Å². The molecule has 42 heavy (non-hydrogen) atoms. The lowest BCUT2D eigenvalue weighted by atomic mass is 10.1. The molecule has 226 valence electrons. The number of anilines is 1. The standard InChI is InChI=1S/C30H42N8O3S/c1-7-18(3)38(6)30-28(36-25(15-39)32-13-22-11-12-23(14-31-22)42-8-2)24(16-41-20(5)40)35-29(37-30)26-19(4)33-17-34-27(26)21-9-10-21/h14-15,17-18,21-23H,7-13,16H2,1-6H3,(H,32,36)/t18-,22?,23?/m1/s1. The van der Waals surface area contributed by atoms with Crippen LogP contribution in [-0.2, 0) is 20.9 Å². The van der Waals surface area contributed by atoms with Crippen LogP contribution in [-0.4, -0.2) is 80.9 Å². The van der Waals surface area contributed by atoms with E-state index in [0.717, 1.165) is 54.8 Å². The molecule has 1 aliphatic carbocycles. The second-order valence-corrected chi connectivity index (χ2v) is 12.3. The van der Waals surface area contributed by atoms with Crippen LogP contribution >= 0.6 is 11.8 Å². The number of hydrogen-bond donors (Lipinski definition) is 1. The number of amidine groups is 1. The predicted octanol–water partition coefficient (Wildman–Crippen LogP) is 4.59. The van der Waals surface area contributed by atoms with Crippen molar-refractivity contribution in [3.05, 3.63) is 23.4 Å². The van der Waals surface area contributed by atoms with Crippen molar-refractivity contribution in [2.45, 2.75) is 96.6 Å². The van der Waals surface area contributed by atoms with Gasteiger partial charge in [0.25, 0.3) is 0 Å². The highest BCUT2D eigenvalue weighted by Crippen LogP contribution is 2.44. The van der Waals surface area contributed by atoms with Crippen LogP contribution in [0, 0.1) is 6.92 Å². The first kappa shape index (κ1) is 31.5. The van der Waals surface area contributed by atoms with Crippen molar-refractivity contribution in [1.29, 1.82) is 0 Å². The first-order valence-corrected chi connectivity index (χ1v) is 15.8. The molecule has 2 aromatic heterocycles. The number of carbonyl (C=O) groups is 2. The zero-order valence-electron chi connectivity index (χ0n) is 25.5. The summed E-state index contributed by atoms with van der Waals surface area (Å²) in [6, 6.07) is 0.171. The van der Waals surface area contributed by atoms with E-state index in [4.69, 9.17) is 19.7 Å². The number of nitrogens with zero attached hydrogens (tertiary/aromatic N) is 7. The van der Waals surface area contributed by atoms with Gasteiger partial charge in [0.1, 0.15) is 24.3 Å². The second-order valence-electron chi connectivity index (χ2n) is 10.8. The molecule has 0 radical (unpaired) electrons. The van der Waals surface area contributed by atoms with Gasteiger partial charge in [-0.2, -0.15) is 11.8 Å². The van der Waals surface area contributed by atoms with Crippen molar-refractivity contribution in [1.82, 2.24) is 25.3 Å². The van der Waals surface area contributed by atoms with Crippen LogP contribution < -0.4 is 10.2 Å². The first-order valence-electron chi connectivity index (χ1n) is 14.8. The summed E-state index contributed by atoms with van der Waals surface area (Å²) in [5.41, 5.74) is 3.29. The smallest absolute Gasteiger partial charge is 0.303 e. The number of aryl methyl sites for hydroxylation is 1. The zero-order chi connectivity index (χ0) is 30.2. The average molecular weight is 595 g/mol. The molecule has 3 heterocycles. The van der Waals surface area contributed by atoms with Gasteiger partial charge >= 0.3 is 5.97 Å². The third-order valence-electron chi connectivity index (χ3n) is 7.68. The summed E-state index contributed by atoms with van der Waals surface area (Å²) < 4.78 is 5.42. The molecule has 1 saturated carbocycles. The third-order valence-corrected chi connectivity index (χ3v) is 8.80. The summed E-state index contributed by atoms with van der Waals surface area (Å²) in [5, 5.41) is 3.63. The second kappa shape index (κ2) is 14.7. The van der Waals surface area contributed by atoms with E-state index in [1.54, 1.807) is 6.33 Å². The molecule has 0 bridgehead atoms. The first-order chi connectivity index (χ1) is 20.2. The lowest BCUT2D eigenvalue weighted by Crippen LogP contribution is -2.34. The van der Waals surface area contributed by atoms with E-state index in [9.17, 15) is 9.59 Å². The molecule has 0 saturated heterocycles. The number of carbonyl (C=O) groups excluding carboxylic acids is 2. The molecule has 0 amide bonds. The highest BCUT2D eigenvalue weighted by molar-refractivity contribution is 8.00. The Bertz CT molecular complexity index is 1330. The molecule has 0 aromatic carbocycles. The maximum Gasteiger partial charge on any atom is 0.303 e. The molecule has 12 heteroatoms. The average Bonchev–Trinajstić information content (AvgIpc) is 3.84. The van der Waals surface area contributed by atoms with Gasteiger partial charge in [0.15, 0.2) is 23.8 Å². The molecule has 2 aliphatic rings. The number of aldehydes is 1. The number of thioether (sulfide) groups is 1. The van der Waals surface area contributed by atoms with Gasteiger partial charge in [-0.15, -0.1) is 0 Å². The van der Waals surface area contributed by atoms with E-state index in [1.165, 1.54) is 6.92 Å². The lowest BCUT2D eigenvalue weighted by Gasteiger charge is -2.27. The van der Waals surface area contributed by atoms with E-state index in [-0.39, 0.29) is 24.5 Å². The van der Waals surface area contributed by atoms with E-state index in [2.05, 4.69) is 41.0 Å². The van der Waals surface area contributed by atoms with Gasteiger partial charge < -0.3 is 15.0 Å². The van der Waals surface area contributed by atoms with E-state index < -0.39 is 5.97 Å². The van der Waals surface area contributed by atoms with E-state index in [0.29, 0.717) is 47.0 Å². The summed E-state index contributed by atoms with van der Waals surface area (Å²) in [6.45, 7) is 9.98. The number of esters is 1. The Hall–Kier alpha value is -3.41. The molecule has 2 aromatic rings. The molecule has 0 spiro atoms. The van der Waals surface area contributed by atoms with Crippen molar-refractivity contribution in [2.24, 2.45) is 9.98 Å². The Kier molecular flexibility index (Phi) is 11.0.